The van der Waals surface area contributed by atoms with Crippen molar-refractivity contribution in [2.24, 2.45) is 17.2 Å². The number of aliphatic hydroxyl groups is 1. The molecular formula is C17H30N6O8S. The van der Waals surface area contributed by atoms with Crippen molar-refractivity contribution in [3.05, 3.63) is 0 Å². The first-order chi connectivity index (χ1) is 14.9. The average molecular weight is 479 g/mol. The fourth-order valence-corrected chi connectivity index (χ4v) is 2.85. The van der Waals surface area contributed by atoms with Gasteiger partial charge >= 0.3 is 5.97 Å². The number of nitrogens with one attached hydrogen (secondary N) is 3. The zero-order valence-electron chi connectivity index (χ0n) is 17.5. The Balaban J connectivity index is 5.30. The maximum absolute atomic E-state index is 12.6. The standard InChI is InChI=1S/C17H30N6O8S/c1-32-5-4-10(17(30)31)22-15(28)9(2-3-12(19)25)21-16(29)11(7-24)23-14(27)8(18)6-13(20)26/h8-11,24H,2-7,18H2,1H3,(H2,19,25)(H2,20,26)(H,21,29)(H,22,28)(H,23,27)(H,30,31). The van der Waals surface area contributed by atoms with Crippen molar-refractivity contribution < 1.29 is 39.0 Å². The highest BCUT2D eigenvalue weighted by Gasteiger charge is 2.30. The number of aliphatic carboxylic acids is 1. The van der Waals surface area contributed by atoms with E-state index in [-0.39, 0.29) is 19.3 Å². The minimum absolute atomic E-state index is 0.117. The zero-order valence-corrected chi connectivity index (χ0v) is 18.4. The van der Waals surface area contributed by atoms with E-state index in [4.69, 9.17) is 17.2 Å². The molecule has 32 heavy (non-hydrogen) atoms. The van der Waals surface area contributed by atoms with Crippen LogP contribution in [0.4, 0.5) is 0 Å². The van der Waals surface area contributed by atoms with Gasteiger partial charge in [0.15, 0.2) is 0 Å². The lowest BCUT2D eigenvalue weighted by molar-refractivity contribution is -0.142. The quantitative estimate of drug-likeness (QED) is 0.106. The Morgan fingerprint density at radius 2 is 1.38 bits per heavy atom. The van der Waals surface area contributed by atoms with E-state index in [1.165, 1.54) is 11.8 Å². The smallest absolute Gasteiger partial charge is 0.326 e. The van der Waals surface area contributed by atoms with Crippen molar-refractivity contribution >= 4 is 47.3 Å². The van der Waals surface area contributed by atoms with Crippen LogP contribution in [0.5, 0.6) is 0 Å². The molecule has 4 unspecified atom stereocenters. The van der Waals surface area contributed by atoms with Crippen molar-refractivity contribution in [2.75, 3.05) is 18.6 Å². The second kappa shape index (κ2) is 15.0. The lowest BCUT2D eigenvalue weighted by Crippen LogP contribution is -2.58. The number of amides is 5. The van der Waals surface area contributed by atoms with Gasteiger partial charge in [0.1, 0.15) is 18.1 Å². The van der Waals surface area contributed by atoms with Gasteiger partial charge < -0.3 is 43.4 Å². The van der Waals surface area contributed by atoms with Crippen molar-refractivity contribution in [2.45, 2.75) is 49.9 Å². The molecule has 182 valence electrons. The Kier molecular flexibility index (Phi) is 13.6. The molecule has 0 heterocycles. The summed E-state index contributed by atoms with van der Waals surface area (Å²) in [7, 11) is 0. The fourth-order valence-electron chi connectivity index (χ4n) is 2.38. The third-order valence-electron chi connectivity index (χ3n) is 4.11. The number of carbonyl (C=O) groups excluding carboxylic acids is 5. The summed E-state index contributed by atoms with van der Waals surface area (Å²) in [5.74, 6) is -5.29. The molecule has 0 radical (unpaired) electrons. The van der Waals surface area contributed by atoms with Crippen LogP contribution in [0.3, 0.4) is 0 Å². The molecule has 0 aromatic rings. The summed E-state index contributed by atoms with van der Waals surface area (Å²) in [5, 5.41) is 25.3. The van der Waals surface area contributed by atoms with E-state index in [0.29, 0.717) is 5.75 Å². The number of carboxylic acids is 1. The van der Waals surface area contributed by atoms with E-state index in [9.17, 15) is 39.0 Å². The highest BCUT2D eigenvalue weighted by Crippen LogP contribution is 2.04. The summed E-state index contributed by atoms with van der Waals surface area (Å²) < 4.78 is 0. The first-order valence-electron chi connectivity index (χ1n) is 9.48. The normalized spacial score (nSPS) is 14.3. The number of rotatable bonds is 16. The van der Waals surface area contributed by atoms with Crippen LogP contribution >= 0.6 is 11.8 Å². The zero-order chi connectivity index (χ0) is 24.8. The molecule has 0 aromatic heterocycles. The van der Waals surface area contributed by atoms with Crippen LogP contribution in [0, 0.1) is 0 Å². The second-order valence-corrected chi connectivity index (χ2v) is 7.75. The Labute approximate surface area is 188 Å². The van der Waals surface area contributed by atoms with Gasteiger partial charge in [0.05, 0.1) is 19.1 Å². The molecule has 5 amide bonds. The minimum Gasteiger partial charge on any atom is -0.480 e. The summed E-state index contributed by atoms with van der Waals surface area (Å²) >= 11 is 1.37. The van der Waals surface area contributed by atoms with Gasteiger partial charge in [-0.25, -0.2) is 4.79 Å². The predicted octanol–water partition coefficient (Wildman–Crippen LogP) is -4.26. The topological polar surface area (TPSA) is 257 Å². The molecule has 4 atom stereocenters. The number of hydrogen-bond acceptors (Lipinski definition) is 9. The number of aliphatic hydroxyl groups excluding tert-OH is 1. The van der Waals surface area contributed by atoms with Crippen LogP contribution in [0.2, 0.25) is 0 Å². The Morgan fingerprint density at radius 3 is 1.84 bits per heavy atom. The number of nitrogens with two attached hydrogens (primary N) is 3. The summed E-state index contributed by atoms with van der Waals surface area (Å²) in [6.07, 6.45) is 0.818. The molecule has 0 rings (SSSR count). The third kappa shape index (κ3) is 11.5. The molecule has 0 saturated carbocycles. The molecular weight excluding hydrogens is 448 g/mol. The highest BCUT2D eigenvalue weighted by molar-refractivity contribution is 7.98. The highest BCUT2D eigenvalue weighted by atomic mass is 32.2. The van der Waals surface area contributed by atoms with Gasteiger partial charge in [-0.15, -0.1) is 0 Å². The molecule has 14 nitrogen and oxygen atoms in total. The first kappa shape index (κ1) is 29.1. The third-order valence-corrected chi connectivity index (χ3v) is 4.75. The Hall–Kier alpha value is -2.91. The van der Waals surface area contributed by atoms with E-state index in [0.717, 1.165) is 0 Å². The minimum atomic E-state index is -1.54. The van der Waals surface area contributed by atoms with Crippen LogP contribution < -0.4 is 33.2 Å². The average Bonchev–Trinajstić information content (AvgIpc) is 2.70. The van der Waals surface area contributed by atoms with Crippen LogP contribution in [0.15, 0.2) is 0 Å². The van der Waals surface area contributed by atoms with Crippen molar-refractivity contribution in [3.63, 3.8) is 0 Å². The van der Waals surface area contributed by atoms with Crippen molar-refractivity contribution in [3.8, 4) is 0 Å². The van der Waals surface area contributed by atoms with Crippen molar-refractivity contribution in [1.29, 1.82) is 0 Å². The molecule has 0 bridgehead atoms. The van der Waals surface area contributed by atoms with Crippen LogP contribution in [-0.4, -0.2) is 88.5 Å². The summed E-state index contributed by atoms with van der Waals surface area (Å²) in [4.78, 5) is 70.3. The monoisotopic (exact) mass is 478 g/mol. The number of carbonyl (C=O) groups is 6. The first-order valence-corrected chi connectivity index (χ1v) is 10.9. The predicted molar refractivity (Wildman–Crippen MR) is 114 cm³/mol. The van der Waals surface area contributed by atoms with Gasteiger partial charge in [-0.3, -0.25) is 24.0 Å². The maximum Gasteiger partial charge on any atom is 0.326 e. The van der Waals surface area contributed by atoms with E-state index < -0.39 is 72.7 Å². The largest absolute Gasteiger partial charge is 0.480 e. The van der Waals surface area contributed by atoms with E-state index in [1.807, 2.05) is 0 Å². The summed E-state index contributed by atoms with van der Waals surface area (Å²) in [6, 6.07) is -5.52. The van der Waals surface area contributed by atoms with Gasteiger partial charge in [-0.2, -0.15) is 11.8 Å². The molecule has 0 spiro atoms. The van der Waals surface area contributed by atoms with Crippen molar-refractivity contribution in [1.82, 2.24) is 16.0 Å². The second-order valence-electron chi connectivity index (χ2n) is 6.77. The van der Waals surface area contributed by atoms with E-state index >= 15 is 0 Å². The van der Waals surface area contributed by atoms with Gasteiger partial charge in [0, 0.05) is 6.42 Å². The van der Waals surface area contributed by atoms with E-state index in [1.54, 1.807) is 6.26 Å². The molecule has 0 fully saturated rings. The number of thioether (sulfide) groups is 1. The number of primary amides is 2. The summed E-state index contributed by atoms with van der Waals surface area (Å²) in [5.41, 5.74) is 15.5. The SMILES string of the molecule is CSCCC(NC(=O)C(CCC(N)=O)NC(=O)C(CO)NC(=O)C(N)CC(N)=O)C(=O)O. The lowest BCUT2D eigenvalue weighted by atomic mass is 10.1. The molecule has 0 aliphatic carbocycles. The molecule has 0 aromatic carbocycles. The molecule has 11 N–H and O–H groups in total. The molecule has 0 aliphatic rings. The van der Waals surface area contributed by atoms with Gasteiger partial charge in [-0.05, 0) is 24.9 Å². The Morgan fingerprint density at radius 1 is 0.844 bits per heavy atom. The van der Waals surface area contributed by atoms with Gasteiger partial charge in [-0.1, -0.05) is 0 Å². The van der Waals surface area contributed by atoms with Crippen LogP contribution in [-0.2, 0) is 28.8 Å². The molecule has 15 heteroatoms. The molecule has 0 aliphatic heterocycles. The van der Waals surface area contributed by atoms with Gasteiger partial charge in [0.25, 0.3) is 0 Å². The maximum atomic E-state index is 12.6. The van der Waals surface area contributed by atoms with E-state index in [2.05, 4.69) is 16.0 Å². The lowest BCUT2D eigenvalue weighted by Gasteiger charge is -2.24. The van der Waals surface area contributed by atoms with Gasteiger partial charge in [0.2, 0.25) is 29.5 Å². The Bertz CT molecular complexity index is 707. The number of hydrogen-bond donors (Lipinski definition) is 8. The number of carboxylic acid groups (broad SMARTS) is 1. The fraction of sp³-hybridized carbons (Fsp3) is 0.647. The summed E-state index contributed by atoms with van der Waals surface area (Å²) in [6.45, 7) is -0.878. The van der Waals surface area contributed by atoms with Crippen LogP contribution in [0.25, 0.3) is 0 Å². The molecule has 0 saturated heterocycles. The van der Waals surface area contributed by atoms with Crippen LogP contribution in [0.1, 0.15) is 25.7 Å².